The third-order valence-electron chi connectivity index (χ3n) is 4.96. The van der Waals surface area contributed by atoms with Crippen LogP contribution in [0.4, 0.5) is 11.5 Å². The molecule has 5 nitrogen and oxygen atoms in total. The first kappa shape index (κ1) is 15.4. The van der Waals surface area contributed by atoms with E-state index in [1.165, 1.54) is 7.05 Å². The zero-order valence-electron chi connectivity index (χ0n) is 14.2. The van der Waals surface area contributed by atoms with Crippen LogP contribution in [0.3, 0.4) is 0 Å². The number of benzene rings is 2. The minimum atomic E-state index is -0.395. The molecule has 126 valence electrons. The molecule has 0 radical (unpaired) electrons. The molecule has 2 heterocycles. The molecule has 25 heavy (non-hydrogen) atoms. The van der Waals surface area contributed by atoms with Crippen LogP contribution in [0.25, 0.3) is 0 Å². The number of H-pyrrole nitrogens is 1. The number of para-hydroxylation sites is 1. The molecule has 1 aliphatic heterocycles. The number of hydrogen-bond donors (Lipinski definition) is 1. The molecule has 1 aliphatic rings. The van der Waals surface area contributed by atoms with Gasteiger partial charge >= 0.3 is 5.69 Å². The van der Waals surface area contributed by atoms with Gasteiger partial charge in [0.15, 0.2) is 0 Å². The molecule has 1 aromatic heterocycles. The van der Waals surface area contributed by atoms with Crippen molar-refractivity contribution in [1.29, 1.82) is 0 Å². The SMILES string of the molecule is CN1c2ccccc2[C@H](Cc2ccccc2)c2c1[nH]c(=O)n(C)c2=O. The maximum Gasteiger partial charge on any atom is 0.329 e. The summed E-state index contributed by atoms with van der Waals surface area (Å²) in [6, 6.07) is 18.2. The number of anilines is 2. The Hall–Kier alpha value is -3.08. The zero-order chi connectivity index (χ0) is 17.6. The van der Waals surface area contributed by atoms with E-state index in [0.717, 1.165) is 21.4 Å². The van der Waals surface area contributed by atoms with Crippen molar-refractivity contribution in [2.45, 2.75) is 12.3 Å². The quantitative estimate of drug-likeness (QED) is 0.784. The summed E-state index contributed by atoms with van der Waals surface area (Å²) in [5.41, 5.74) is 3.29. The Morgan fingerprint density at radius 2 is 1.64 bits per heavy atom. The topological polar surface area (TPSA) is 58.1 Å². The molecule has 3 aromatic rings. The van der Waals surface area contributed by atoms with Gasteiger partial charge in [-0.3, -0.25) is 14.3 Å². The average Bonchev–Trinajstić information content (AvgIpc) is 2.64. The highest BCUT2D eigenvalue weighted by Gasteiger charge is 2.32. The normalized spacial score (nSPS) is 15.6. The van der Waals surface area contributed by atoms with Gasteiger partial charge in [-0.2, -0.15) is 0 Å². The predicted molar refractivity (Wildman–Crippen MR) is 98.8 cm³/mol. The van der Waals surface area contributed by atoms with Gasteiger partial charge in [-0.15, -0.1) is 0 Å². The summed E-state index contributed by atoms with van der Waals surface area (Å²) >= 11 is 0. The maximum absolute atomic E-state index is 12.9. The lowest BCUT2D eigenvalue weighted by molar-refractivity contribution is 0.696. The van der Waals surface area contributed by atoms with Crippen LogP contribution >= 0.6 is 0 Å². The van der Waals surface area contributed by atoms with Crippen molar-refractivity contribution < 1.29 is 0 Å². The van der Waals surface area contributed by atoms with Gasteiger partial charge in [0.25, 0.3) is 5.56 Å². The first-order valence-corrected chi connectivity index (χ1v) is 8.27. The van der Waals surface area contributed by atoms with Gasteiger partial charge in [0.2, 0.25) is 0 Å². The van der Waals surface area contributed by atoms with Crippen LogP contribution in [0.2, 0.25) is 0 Å². The van der Waals surface area contributed by atoms with Crippen LogP contribution in [0.5, 0.6) is 0 Å². The molecular formula is C20H19N3O2. The van der Waals surface area contributed by atoms with Crippen molar-refractivity contribution in [3.63, 3.8) is 0 Å². The molecule has 0 fully saturated rings. The van der Waals surface area contributed by atoms with E-state index < -0.39 is 5.69 Å². The van der Waals surface area contributed by atoms with Gasteiger partial charge < -0.3 is 4.90 Å². The standard InChI is InChI=1S/C20H19N3O2/c1-22-16-11-7-6-10-14(16)15(12-13-8-4-3-5-9-13)17-18(22)21-20(25)23(2)19(17)24/h3-11,15H,12H2,1-2H3,(H,21,25)/t15-/m0/s1. The van der Waals surface area contributed by atoms with E-state index in [1.807, 2.05) is 48.3 Å². The number of aromatic nitrogens is 2. The highest BCUT2D eigenvalue weighted by molar-refractivity contribution is 5.72. The summed E-state index contributed by atoms with van der Waals surface area (Å²) in [4.78, 5) is 29.8. The molecule has 0 unspecified atom stereocenters. The van der Waals surface area contributed by atoms with E-state index in [2.05, 4.69) is 23.2 Å². The Morgan fingerprint density at radius 3 is 2.40 bits per heavy atom. The summed E-state index contributed by atoms with van der Waals surface area (Å²) in [5.74, 6) is 0.494. The summed E-state index contributed by atoms with van der Waals surface area (Å²) in [5, 5.41) is 0. The van der Waals surface area contributed by atoms with Crippen molar-refractivity contribution in [3.05, 3.63) is 92.1 Å². The van der Waals surface area contributed by atoms with E-state index in [4.69, 9.17) is 0 Å². The molecule has 0 saturated heterocycles. The smallest absolute Gasteiger partial charge is 0.329 e. The lowest BCUT2D eigenvalue weighted by Gasteiger charge is -2.34. The molecule has 0 saturated carbocycles. The average molecular weight is 333 g/mol. The number of hydrogen-bond acceptors (Lipinski definition) is 3. The van der Waals surface area contributed by atoms with Gasteiger partial charge in [-0.1, -0.05) is 48.5 Å². The van der Waals surface area contributed by atoms with Gasteiger partial charge in [-0.05, 0) is 23.6 Å². The van der Waals surface area contributed by atoms with Crippen LogP contribution in [0.1, 0.15) is 22.6 Å². The molecular weight excluding hydrogens is 314 g/mol. The van der Waals surface area contributed by atoms with Crippen LogP contribution in [-0.4, -0.2) is 16.6 Å². The van der Waals surface area contributed by atoms with E-state index in [0.29, 0.717) is 17.8 Å². The first-order chi connectivity index (χ1) is 12.1. The Kier molecular flexibility index (Phi) is 3.57. The Bertz CT molecular complexity index is 1050. The third-order valence-corrected chi connectivity index (χ3v) is 4.96. The Balaban J connectivity index is 1.98. The van der Waals surface area contributed by atoms with E-state index in [-0.39, 0.29) is 11.5 Å². The van der Waals surface area contributed by atoms with Crippen LogP contribution < -0.4 is 16.1 Å². The fourth-order valence-corrected chi connectivity index (χ4v) is 3.63. The van der Waals surface area contributed by atoms with E-state index >= 15 is 0 Å². The van der Waals surface area contributed by atoms with Gasteiger partial charge in [0.05, 0.1) is 5.56 Å². The predicted octanol–water partition coefficient (Wildman–Crippen LogP) is 2.53. The molecule has 1 N–H and O–H groups in total. The van der Waals surface area contributed by atoms with Crippen molar-refractivity contribution in [1.82, 2.24) is 9.55 Å². The number of aromatic amines is 1. The molecule has 0 bridgehead atoms. The minimum Gasteiger partial charge on any atom is -0.330 e. The summed E-state index contributed by atoms with van der Waals surface area (Å²) in [6.45, 7) is 0. The maximum atomic E-state index is 12.9. The first-order valence-electron chi connectivity index (χ1n) is 8.27. The lowest BCUT2D eigenvalue weighted by Crippen LogP contribution is -2.40. The van der Waals surface area contributed by atoms with Gasteiger partial charge in [-0.25, -0.2) is 4.79 Å². The molecule has 0 spiro atoms. The van der Waals surface area contributed by atoms with Crippen molar-refractivity contribution >= 4 is 11.5 Å². The van der Waals surface area contributed by atoms with Crippen molar-refractivity contribution in [2.75, 3.05) is 11.9 Å². The van der Waals surface area contributed by atoms with E-state index in [1.54, 1.807) is 0 Å². The molecule has 1 atom stereocenters. The minimum absolute atomic E-state index is 0.0969. The lowest BCUT2D eigenvalue weighted by atomic mass is 9.83. The third kappa shape index (κ3) is 2.39. The molecule has 2 aromatic carbocycles. The second kappa shape index (κ2) is 5.77. The monoisotopic (exact) mass is 333 g/mol. The summed E-state index contributed by atoms with van der Waals surface area (Å²) in [7, 11) is 3.40. The highest BCUT2D eigenvalue weighted by atomic mass is 16.2. The molecule has 0 aliphatic carbocycles. The van der Waals surface area contributed by atoms with Crippen LogP contribution in [-0.2, 0) is 13.5 Å². The van der Waals surface area contributed by atoms with Crippen LogP contribution in [0, 0.1) is 0 Å². The Morgan fingerprint density at radius 1 is 0.960 bits per heavy atom. The largest absolute Gasteiger partial charge is 0.330 e. The van der Waals surface area contributed by atoms with E-state index in [9.17, 15) is 9.59 Å². The summed E-state index contributed by atoms with van der Waals surface area (Å²) < 4.78 is 1.15. The Labute approximate surface area is 145 Å². The fourth-order valence-electron chi connectivity index (χ4n) is 3.63. The highest BCUT2D eigenvalue weighted by Crippen LogP contribution is 2.42. The van der Waals surface area contributed by atoms with Gasteiger partial charge in [0, 0.05) is 25.7 Å². The molecule has 5 heteroatoms. The summed E-state index contributed by atoms with van der Waals surface area (Å²) in [6.07, 6.45) is 0.708. The second-order valence-electron chi connectivity index (χ2n) is 6.42. The van der Waals surface area contributed by atoms with Crippen molar-refractivity contribution in [2.24, 2.45) is 7.05 Å². The van der Waals surface area contributed by atoms with Crippen LogP contribution in [0.15, 0.2) is 64.2 Å². The van der Waals surface area contributed by atoms with Crippen molar-refractivity contribution in [3.8, 4) is 0 Å². The number of nitrogens with one attached hydrogen (secondary N) is 1. The second-order valence-corrected chi connectivity index (χ2v) is 6.42. The van der Waals surface area contributed by atoms with Gasteiger partial charge in [0.1, 0.15) is 5.82 Å². The number of fused-ring (bicyclic) bond motifs is 2. The molecule has 0 amide bonds. The fraction of sp³-hybridized carbons (Fsp3) is 0.200. The zero-order valence-corrected chi connectivity index (χ0v) is 14.2. The molecule has 4 rings (SSSR count). The number of rotatable bonds is 2. The number of nitrogens with zero attached hydrogens (tertiary/aromatic N) is 2.